The van der Waals surface area contributed by atoms with Crippen LogP contribution in [0.15, 0.2) is 6.07 Å². The zero-order chi connectivity index (χ0) is 14.2. The molecule has 0 radical (unpaired) electrons. The Morgan fingerprint density at radius 2 is 2.11 bits per heavy atom. The molecule has 1 saturated heterocycles. The molecule has 0 spiro atoms. The Kier molecular flexibility index (Phi) is 3.50. The van der Waals surface area contributed by atoms with Crippen molar-refractivity contribution in [3.8, 4) is 0 Å². The number of halogens is 1. The van der Waals surface area contributed by atoms with Crippen molar-refractivity contribution in [2.24, 2.45) is 0 Å². The van der Waals surface area contributed by atoms with Gasteiger partial charge in [-0.2, -0.15) is 0 Å². The van der Waals surface area contributed by atoms with Crippen LogP contribution in [0.4, 0.5) is 15.0 Å². The van der Waals surface area contributed by atoms with Crippen molar-refractivity contribution in [1.82, 2.24) is 10.3 Å². The molecule has 102 valence electrons. The summed E-state index contributed by atoms with van der Waals surface area (Å²) in [5, 5.41) is 2.15. The minimum absolute atomic E-state index is 0.0214. The Morgan fingerprint density at radius 1 is 1.42 bits per heavy atom. The summed E-state index contributed by atoms with van der Waals surface area (Å²) in [4.78, 5) is 28.1. The number of imide groups is 1. The normalized spacial score (nSPS) is 15.9. The first-order chi connectivity index (χ1) is 8.90. The lowest BCUT2D eigenvalue weighted by Crippen LogP contribution is -2.50. The second-order valence-corrected chi connectivity index (χ2v) is 4.88. The number of pyridine rings is 1. The Hall–Kier alpha value is -1.98. The van der Waals surface area contributed by atoms with Gasteiger partial charge in [0, 0.05) is 18.7 Å². The van der Waals surface area contributed by atoms with Crippen LogP contribution in [0.1, 0.15) is 37.4 Å². The fraction of sp³-hybridized carbons (Fsp3) is 0.462. The SMILES string of the molecule is Cc1nc(N2CCC(=O)NC2=O)c(F)cc1C(C)C. The smallest absolute Gasteiger partial charge is 0.278 e. The number of anilines is 1. The van der Waals surface area contributed by atoms with E-state index in [0.29, 0.717) is 5.69 Å². The minimum atomic E-state index is -0.626. The number of amides is 3. The fourth-order valence-electron chi connectivity index (χ4n) is 2.12. The zero-order valence-electron chi connectivity index (χ0n) is 11.2. The van der Waals surface area contributed by atoms with Crippen molar-refractivity contribution >= 4 is 17.8 Å². The highest BCUT2D eigenvalue weighted by Crippen LogP contribution is 2.25. The standard InChI is InChI=1S/C13H16FN3O2/c1-7(2)9-6-10(14)12(15-8(9)3)17-5-4-11(18)16-13(17)19/h6-7H,4-5H2,1-3H3,(H,16,18,19). The van der Waals surface area contributed by atoms with Gasteiger partial charge >= 0.3 is 6.03 Å². The third-order valence-electron chi connectivity index (χ3n) is 3.12. The number of hydrogen-bond acceptors (Lipinski definition) is 3. The lowest BCUT2D eigenvalue weighted by atomic mass is 10.0. The van der Waals surface area contributed by atoms with Gasteiger partial charge in [0.15, 0.2) is 11.6 Å². The first-order valence-corrected chi connectivity index (χ1v) is 6.18. The summed E-state index contributed by atoms with van der Waals surface area (Å²) >= 11 is 0. The van der Waals surface area contributed by atoms with Crippen LogP contribution in [0.2, 0.25) is 0 Å². The van der Waals surface area contributed by atoms with Crippen LogP contribution in [0.3, 0.4) is 0 Å². The largest absolute Gasteiger partial charge is 0.329 e. The number of nitrogens with one attached hydrogen (secondary N) is 1. The van der Waals surface area contributed by atoms with E-state index in [-0.39, 0.29) is 30.6 Å². The van der Waals surface area contributed by atoms with E-state index in [1.54, 1.807) is 6.92 Å². The predicted molar refractivity (Wildman–Crippen MR) is 68.5 cm³/mol. The quantitative estimate of drug-likeness (QED) is 0.890. The van der Waals surface area contributed by atoms with E-state index in [2.05, 4.69) is 10.3 Å². The van der Waals surface area contributed by atoms with Gasteiger partial charge in [-0.1, -0.05) is 13.8 Å². The molecule has 0 aromatic carbocycles. The van der Waals surface area contributed by atoms with Crippen LogP contribution in [-0.4, -0.2) is 23.5 Å². The van der Waals surface area contributed by atoms with Crippen LogP contribution < -0.4 is 10.2 Å². The maximum atomic E-state index is 14.1. The summed E-state index contributed by atoms with van der Waals surface area (Å²) in [6, 6.07) is 0.783. The van der Waals surface area contributed by atoms with Crippen LogP contribution in [-0.2, 0) is 4.79 Å². The predicted octanol–water partition coefficient (Wildman–Crippen LogP) is 2.10. The number of urea groups is 1. The van der Waals surface area contributed by atoms with Crippen LogP contribution >= 0.6 is 0 Å². The van der Waals surface area contributed by atoms with Gasteiger partial charge in [-0.15, -0.1) is 0 Å². The van der Waals surface area contributed by atoms with E-state index < -0.39 is 11.8 Å². The molecule has 1 aliphatic heterocycles. The van der Waals surface area contributed by atoms with Gasteiger partial charge in [-0.3, -0.25) is 15.0 Å². The monoisotopic (exact) mass is 265 g/mol. The average Bonchev–Trinajstić information content (AvgIpc) is 2.32. The first kappa shape index (κ1) is 13.5. The highest BCUT2D eigenvalue weighted by atomic mass is 19.1. The third-order valence-corrected chi connectivity index (χ3v) is 3.12. The number of nitrogens with zero attached hydrogens (tertiary/aromatic N) is 2. The maximum Gasteiger partial charge on any atom is 0.329 e. The highest BCUT2D eigenvalue weighted by Gasteiger charge is 2.28. The van der Waals surface area contributed by atoms with Crippen LogP contribution in [0.25, 0.3) is 0 Å². The second-order valence-electron chi connectivity index (χ2n) is 4.88. The van der Waals surface area contributed by atoms with Gasteiger partial charge in [0.2, 0.25) is 5.91 Å². The molecule has 1 aromatic rings. The molecule has 1 fully saturated rings. The van der Waals surface area contributed by atoms with E-state index in [1.165, 1.54) is 6.07 Å². The molecule has 0 unspecified atom stereocenters. The Balaban J connectivity index is 2.38. The van der Waals surface area contributed by atoms with E-state index in [0.717, 1.165) is 10.5 Å². The van der Waals surface area contributed by atoms with Crippen molar-refractivity contribution < 1.29 is 14.0 Å². The van der Waals surface area contributed by atoms with Crippen LogP contribution in [0.5, 0.6) is 0 Å². The number of hydrogen-bond donors (Lipinski definition) is 1. The van der Waals surface area contributed by atoms with Gasteiger partial charge in [0.25, 0.3) is 0 Å². The molecule has 0 bridgehead atoms. The molecule has 2 rings (SSSR count). The van der Waals surface area contributed by atoms with E-state index in [1.807, 2.05) is 13.8 Å². The maximum absolute atomic E-state index is 14.1. The molecule has 5 nitrogen and oxygen atoms in total. The van der Waals surface area contributed by atoms with Crippen molar-refractivity contribution in [3.05, 3.63) is 23.1 Å². The van der Waals surface area contributed by atoms with Crippen molar-refractivity contribution in [2.45, 2.75) is 33.1 Å². The van der Waals surface area contributed by atoms with Gasteiger partial charge < -0.3 is 0 Å². The Labute approximate surface area is 110 Å². The van der Waals surface area contributed by atoms with Crippen LogP contribution in [0, 0.1) is 12.7 Å². The summed E-state index contributed by atoms with van der Waals surface area (Å²) in [5.74, 6) is -0.754. The summed E-state index contributed by atoms with van der Waals surface area (Å²) in [6.45, 7) is 5.84. The van der Waals surface area contributed by atoms with Gasteiger partial charge in [-0.25, -0.2) is 14.2 Å². The topological polar surface area (TPSA) is 62.3 Å². The lowest BCUT2D eigenvalue weighted by Gasteiger charge is -2.26. The van der Waals surface area contributed by atoms with E-state index in [4.69, 9.17) is 0 Å². The van der Waals surface area contributed by atoms with E-state index >= 15 is 0 Å². The molecular weight excluding hydrogens is 249 g/mol. The number of carbonyl (C=O) groups excluding carboxylic acids is 2. The summed E-state index contributed by atoms with van der Waals surface area (Å²) in [7, 11) is 0. The molecule has 19 heavy (non-hydrogen) atoms. The van der Waals surface area contributed by atoms with Gasteiger partial charge in [0.05, 0.1) is 0 Å². The first-order valence-electron chi connectivity index (χ1n) is 6.18. The summed E-state index contributed by atoms with van der Waals surface area (Å²) in [5.41, 5.74) is 1.51. The number of rotatable bonds is 2. The average molecular weight is 265 g/mol. The molecule has 1 aliphatic rings. The Bertz CT molecular complexity index is 543. The molecule has 0 aliphatic carbocycles. The van der Waals surface area contributed by atoms with Gasteiger partial charge in [0.1, 0.15) is 0 Å². The van der Waals surface area contributed by atoms with Crippen molar-refractivity contribution in [3.63, 3.8) is 0 Å². The molecule has 1 N–H and O–H groups in total. The zero-order valence-corrected chi connectivity index (χ0v) is 11.2. The minimum Gasteiger partial charge on any atom is -0.278 e. The van der Waals surface area contributed by atoms with Gasteiger partial charge in [-0.05, 0) is 24.5 Å². The Morgan fingerprint density at radius 3 is 2.68 bits per heavy atom. The molecule has 6 heteroatoms. The molecule has 3 amide bonds. The molecule has 2 heterocycles. The van der Waals surface area contributed by atoms with Crippen molar-refractivity contribution in [1.29, 1.82) is 0 Å². The molecule has 1 aromatic heterocycles. The number of aromatic nitrogens is 1. The van der Waals surface area contributed by atoms with E-state index in [9.17, 15) is 14.0 Å². The number of aryl methyl sites for hydroxylation is 1. The lowest BCUT2D eigenvalue weighted by molar-refractivity contribution is -0.120. The molecule has 0 saturated carbocycles. The summed E-state index contributed by atoms with van der Waals surface area (Å²) < 4.78 is 14.1. The van der Waals surface area contributed by atoms with Crippen molar-refractivity contribution in [2.75, 3.05) is 11.4 Å². The third kappa shape index (κ3) is 2.57. The molecule has 0 atom stereocenters. The fourth-order valence-corrected chi connectivity index (χ4v) is 2.12. The molecular formula is C13H16FN3O2. The highest BCUT2D eigenvalue weighted by molar-refractivity contribution is 6.05. The number of carbonyl (C=O) groups is 2. The summed E-state index contributed by atoms with van der Waals surface area (Å²) in [6.07, 6.45) is 0.151. The second kappa shape index (κ2) is 4.95.